The zero-order valence-electron chi connectivity index (χ0n) is 12.2. The Hall–Kier alpha value is -2.82. The highest BCUT2D eigenvalue weighted by Gasteiger charge is 2.08. The molecule has 0 atom stereocenters. The Bertz CT molecular complexity index is 660. The zero-order chi connectivity index (χ0) is 15.9. The number of carboxylic acid groups (broad SMARTS) is 1. The molecule has 0 heterocycles. The monoisotopic (exact) mass is 299 g/mol. The first-order chi connectivity index (χ1) is 10.6. The second-order valence-corrected chi connectivity index (χ2v) is 4.75. The minimum absolute atomic E-state index is 0.0698. The fourth-order valence-electron chi connectivity index (χ4n) is 2.12. The highest BCUT2D eigenvalue weighted by atomic mass is 16.5. The third-order valence-corrected chi connectivity index (χ3v) is 3.34. The van der Waals surface area contributed by atoms with Crippen LogP contribution < -0.4 is 4.74 Å². The Morgan fingerprint density at radius 1 is 1.00 bits per heavy atom. The van der Waals surface area contributed by atoms with Gasteiger partial charge in [-0.05, 0) is 28.8 Å². The summed E-state index contributed by atoms with van der Waals surface area (Å²) in [6, 6.07) is 15.1. The molecule has 0 saturated carbocycles. The summed E-state index contributed by atoms with van der Waals surface area (Å²) in [4.78, 5) is 10.6. The summed E-state index contributed by atoms with van der Waals surface area (Å²) < 4.78 is 5.12. The van der Waals surface area contributed by atoms with E-state index in [0.29, 0.717) is 11.3 Å². The van der Waals surface area contributed by atoms with E-state index in [1.165, 1.54) is 0 Å². The number of carbonyl (C=O) groups is 1. The molecule has 0 fully saturated rings. The number of nitrogens with zero attached hydrogens (tertiary/aromatic N) is 1. The van der Waals surface area contributed by atoms with E-state index in [-0.39, 0.29) is 12.8 Å². The smallest absolute Gasteiger partial charge is 0.303 e. The van der Waals surface area contributed by atoms with Gasteiger partial charge in [0.1, 0.15) is 5.75 Å². The number of hydrogen-bond acceptors (Lipinski definition) is 4. The third kappa shape index (κ3) is 3.85. The predicted octanol–water partition coefficient (Wildman–Crippen LogP) is 3.41. The summed E-state index contributed by atoms with van der Waals surface area (Å²) in [7, 11) is 1.62. The lowest BCUT2D eigenvalue weighted by atomic mass is 10.0. The van der Waals surface area contributed by atoms with Gasteiger partial charge in [0.2, 0.25) is 0 Å². The Balaban J connectivity index is 2.16. The lowest BCUT2D eigenvalue weighted by Gasteiger charge is -2.07. The molecule has 2 aromatic rings. The topological polar surface area (TPSA) is 79.1 Å². The zero-order valence-corrected chi connectivity index (χ0v) is 12.2. The van der Waals surface area contributed by atoms with E-state index in [1.54, 1.807) is 7.11 Å². The van der Waals surface area contributed by atoms with Crippen LogP contribution in [-0.2, 0) is 4.79 Å². The molecule has 5 heteroatoms. The van der Waals surface area contributed by atoms with Crippen LogP contribution in [0.1, 0.15) is 18.4 Å². The van der Waals surface area contributed by atoms with Crippen molar-refractivity contribution in [1.82, 2.24) is 0 Å². The molecule has 5 nitrogen and oxygen atoms in total. The minimum Gasteiger partial charge on any atom is -0.497 e. The van der Waals surface area contributed by atoms with Crippen LogP contribution in [0, 0.1) is 0 Å². The van der Waals surface area contributed by atoms with E-state index in [9.17, 15) is 4.79 Å². The standard InChI is InChI=1S/C17H17NO4/c1-22-15-8-6-13(7-9-15)12-2-4-14(5-3-12)16(18-21)10-11-17(19)20/h2-9,21H,10-11H2,1H3,(H,19,20). The van der Waals surface area contributed by atoms with Gasteiger partial charge in [0, 0.05) is 6.42 Å². The maximum Gasteiger partial charge on any atom is 0.303 e. The van der Waals surface area contributed by atoms with Crippen molar-refractivity contribution in [3.63, 3.8) is 0 Å². The van der Waals surface area contributed by atoms with Gasteiger partial charge >= 0.3 is 5.97 Å². The molecule has 0 aliphatic carbocycles. The number of benzene rings is 2. The van der Waals surface area contributed by atoms with Gasteiger partial charge in [-0.2, -0.15) is 0 Å². The van der Waals surface area contributed by atoms with Gasteiger partial charge in [-0.3, -0.25) is 4.79 Å². The molecule has 0 unspecified atom stereocenters. The summed E-state index contributed by atoms with van der Waals surface area (Å²) >= 11 is 0. The van der Waals surface area contributed by atoms with Gasteiger partial charge in [-0.1, -0.05) is 41.6 Å². The van der Waals surface area contributed by atoms with Gasteiger partial charge in [0.25, 0.3) is 0 Å². The third-order valence-electron chi connectivity index (χ3n) is 3.34. The molecule has 0 aliphatic rings. The van der Waals surface area contributed by atoms with Crippen molar-refractivity contribution in [3.8, 4) is 16.9 Å². The average molecular weight is 299 g/mol. The molecular weight excluding hydrogens is 282 g/mol. The summed E-state index contributed by atoms with van der Waals surface area (Å²) in [5.74, 6) is -0.125. The number of ether oxygens (including phenoxy) is 1. The average Bonchev–Trinajstić information content (AvgIpc) is 2.56. The first kappa shape index (κ1) is 15.6. The van der Waals surface area contributed by atoms with Gasteiger partial charge in [0.05, 0.1) is 19.2 Å². The van der Waals surface area contributed by atoms with Crippen molar-refractivity contribution in [1.29, 1.82) is 0 Å². The molecule has 0 bridgehead atoms. The molecule has 0 aliphatic heterocycles. The second-order valence-electron chi connectivity index (χ2n) is 4.75. The van der Waals surface area contributed by atoms with Crippen molar-refractivity contribution in [3.05, 3.63) is 54.1 Å². The molecular formula is C17H17NO4. The number of rotatable bonds is 6. The number of carboxylic acids is 1. The lowest BCUT2D eigenvalue weighted by Crippen LogP contribution is -2.05. The maximum atomic E-state index is 10.6. The maximum absolute atomic E-state index is 10.6. The summed E-state index contributed by atoms with van der Waals surface area (Å²) in [6.07, 6.45) is 0.118. The fraction of sp³-hybridized carbons (Fsp3) is 0.176. The SMILES string of the molecule is COc1ccc(-c2ccc(C(CCC(=O)O)=NO)cc2)cc1. The highest BCUT2D eigenvalue weighted by Crippen LogP contribution is 2.23. The Labute approximate surface area is 128 Å². The van der Waals surface area contributed by atoms with E-state index in [0.717, 1.165) is 16.9 Å². The second kappa shape index (κ2) is 7.26. The Kier molecular flexibility index (Phi) is 5.14. The molecule has 2 rings (SSSR count). The quantitative estimate of drug-likeness (QED) is 0.487. The van der Waals surface area contributed by atoms with E-state index >= 15 is 0 Å². The largest absolute Gasteiger partial charge is 0.497 e. The van der Waals surface area contributed by atoms with Crippen LogP contribution in [0.3, 0.4) is 0 Å². The Morgan fingerprint density at radius 3 is 2.00 bits per heavy atom. The van der Waals surface area contributed by atoms with Crippen molar-refractivity contribution < 1.29 is 19.8 Å². The van der Waals surface area contributed by atoms with Crippen molar-refractivity contribution in [2.45, 2.75) is 12.8 Å². The number of methoxy groups -OCH3 is 1. The van der Waals surface area contributed by atoms with Gasteiger partial charge < -0.3 is 15.1 Å². The fourth-order valence-corrected chi connectivity index (χ4v) is 2.12. The number of aliphatic carboxylic acids is 1. The predicted molar refractivity (Wildman–Crippen MR) is 83.6 cm³/mol. The van der Waals surface area contributed by atoms with Crippen LogP contribution in [-0.4, -0.2) is 29.1 Å². The Morgan fingerprint density at radius 2 is 1.55 bits per heavy atom. The van der Waals surface area contributed by atoms with Crippen LogP contribution >= 0.6 is 0 Å². The molecule has 0 radical (unpaired) electrons. The number of hydrogen-bond donors (Lipinski definition) is 2. The molecule has 2 aromatic carbocycles. The molecule has 0 amide bonds. The van der Waals surface area contributed by atoms with Gasteiger partial charge in [-0.15, -0.1) is 0 Å². The van der Waals surface area contributed by atoms with Crippen molar-refractivity contribution in [2.24, 2.45) is 5.16 Å². The van der Waals surface area contributed by atoms with Gasteiger partial charge in [-0.25, -0.2) is 0 Å². The van der Waals surface area contributed by atoms with E-state index < -0.39 is 5.97 Å². The highest BCUT2D eigenvalue weighted by molar-refractivity contribution is 6.01. The van der Waals surface area contributed by atoms with Crippen LogP contribution in [0.5, 0.6) is 5.75 Å². The van der Waals surface area contributed by atoms with Crippen LogP contribution in [0.25, 0.3) is 11.1 Å². The molecule has 22 heavy (non-hydrogen) atoms. The van der Waals surface area contributed by atoms with E-state index in [1.807, 2.05) is 48.5 Å². The number of oxime groups is 1. The first-order valence-electron chi connectivity index (χ1n) is 6.81. The van der Waals surface area contributed by atoms with E-state index in [4.69, 9.17) is 15.1 Å². The molecule has 0 spiro atoms. The van der Waals surface area contributed by atoms with Crippen molar-refractivity contribution >= 4 is 11.7 Å². The van der Waals surface area contributed by atoms with Crippen LogP contribution in [0.4, 0.5) is 0 Å². The van der Waals surface area contributed by atoms with Crippen molar-refractivity contribution in [2.75, 3.05) is 7.11 Å². The normalized spacial score (nSPS) is 11.2. The summed E-state index contributed by atoms with van der Waals surface area (Å²) in [6.45, 7) is 0. The molecule has 114 valence electrons. The van der Waals surface area contributed by atoms with E-state index in [2.05, 4.69) is 5.16 Å². The molecule has 0 saturated heterocycles. The summed E-state index contributed by atoms with van der Waals surface area (Å²) in [5.41, 5.74) is 3.13. The first-order valence-corrected chi connectivity index (χ1v) is 6.81. The van der Waals surface area contributed by atoms with Crippen LogP contribution in [0.15, 0.2) is 53.7 Å². The molecule has 2 N–H and O–H groups in total. The molecule has 0 aromatic heterocycles. The van der Waals surface area contributed by atoms with Crippen LogP contribution in [0.2, 0.25) is 0 Å². The summed E-state index contributed by atoms with van der Waals surface area (Å²) in [5, 5.41) is 20.9. The lowest BCUT2D eigenvalue weighted by molar-refractivity contribution is -0.136. The van der Waals surface area contributed by atoms with Gasteiger partial charge in [0.15, 0.2) is 0 Å². The minimum atomic E-state index is -0.920.